The zero-order chi connectivity index (χ0) is 20.2. The van der Waals surface area contributed by atoms with Gasteiger partial charge in [0.25, 0.3) is 5.91 Å². The molecule has 0 fully saturated rings. The molecule has 1 aromatic heterocycles. The number of alkyl halides is 3. The molecule has 148 valence electrons. The lowest BCUT2D eigenvalue weighted by Gasteiger charge is -2.22. The molecule has 10 heteroatoms. The van der Waals surface area contributed by atoms with Crippen molar-refractivity contribution in [3.05, 3.63) is 41.7 Å². The van der Waals surface area contributed by atoms with Crippen LogP contribution in [0.1, 0.15) is 36.8 Å². The van der Waals surface area contributed by atoms with Crippen molar-refractivity contribution >= 4 is 17.7 Å². The van der Waals surface area contributed by atoms with Gasteiger partial charge in [0.1, 0.15) is 11.3 Å². The first-order valence-corrected chi connectivity index (χ1v) is 9.10. The molecule has 0 radical (unpaired) electrons. The van der Waals surface area contributed by atoms with Crippen LogP contribution in [0.25, 0.3) is 0 Å². The monoisotopic (exact) mass is 402 g/mol. The van der Waals surface area contributed by atoms with E-state index < -0.39 is 17.0 Å². The second kappa shape index (κ2) is 8.30. The van der Waals surface area contributed by atoms with E-state index in [1.807, 2.05) is 0 Å². The minimum Gasteiger partial charge on any atom is -0.384 e. The van der Waals surface area contributed by atoms with Crippen LogP contribution >= 0.6 is 11.8 Å². The first-order chi connectivity index (χ1) is 12.5. The number of carbonyl (C=O) groups is 1. The molecule has 1 aromatic carbocycles. The van der Waals surface area contributed by atoms with Crippen LogP contribution in [-0.4, -0.2) is 49.5 Å². The molecule has 0 atom stereocenters. The van der Waals surface area contributed by atoms with E-state index >= 15 is 0 Å². The Morgan fingerprint density at radius 2 is 1.96 bits per heavy atom. The molecule has 1 heterocycles. The summed E-state index contributed by atoms with van der Waals surface area (Å²) in [4.78, 5) is 15.4. The summed E-state index contributed by atoms with van der Waals surface area (Å²) in [7, 11) is 0. The molecule has 0 unspecified atom stereocenters. The maximum atomic E-state index is 12.7. The number of carbonyl (C=O) groups excluding carboxylic acids is 1. The molecule has 1 amide bonds. The Labute approximate surface area is 159 Å². The van der Waals surface area contributed by atoms with E-state index in [-0.39, 0.29) is 35.3 Å². The first kappa shape index (κ1) is 21.2. The predicted molar refractivity (Wildman–Crippen MR) is 95.2 cm³/mol. The summed E-state index contributed by atoms with van der Waals surface area (Å²) >= 11 is -0.301. The summed E-state index contributed by atoms with van der Waals surface area (Å²) in [6, 6.07) is 5.67. The van der Waals surface area contributed by atoms with Crippen LogP contribution in [0.3, 0.4) is 0 Å². The third-order valence-electron chi connectivity index (χ3n) is 3.75. The summed E-state index contributed by atoms with van der Waals surface area (Å²) in [5, 5.41) is 18.1. The fraction of sp³-hybridized carbons (Fsp3) is 0.471. The van der Waals surface area contributed by atoms with Gasteiger partial charge >= 0.3 is 5.51 Å². The van der Waals surface area contributed by atoms with Crippen molar-refractivity contribution in [2.24, 2.45) is 0 Å². The van der Waals surface area contributed by atoms with Crippen molar-refractivity contribution in [3.63, 3.8) is 0 Å². The van der Waals surface area contributed by atoms with Gasteiger partial charge in [0.15, 0.2) is 0 Å². The van der Waals surface area contributed by atoms with Crippen molar-refractivity contribution < 1.29 is 23.1 Å². The lowest BCUT2D eigenvalue weighted by atomic mass is 10.1. The lowest BCUT2D eigenvalue weighted by Crippen LogP contribution is -2.34. The number of likely N-dealkylation sites (N-methyl/N-ethyl adjacent to an activating group) is 1. The molecule has 2 aromatic rings. The van der Waals surface area contributed by atoms with Gasteiger partial charge in [-0.05, 0) is 44.7 Å². The highest BCUT2D eigenvalue weighted by Gasteiger charge is 2.32. The molecule has 0 spiro atoms. The number of hydrogen-bond donors (Lipinski definition) is 1. The standard InChI is InChI=1S/C17H21F3N4O2S/c1-4-23(9-10-24-21-11-14(22-24)16(2,3)26)15(25)12-7-5-6-8-13(12)27-17(18,19)20/h5-8,11,26H,4,9-10H2,1-3H3. The van der Waals surface area contributed by atoms with Crippen LogP contribution in [-0.2, 0) is 12.1 Å². The summed E-state index contributed by atoms with van der Waals surface area (Å²) in [5.41, 5.74) is -5.21. The number of thioether (sulfide) groups is 1. The average Bonchev–Trinajstić information content (AvgIpc) is 3.03. The fourth-order valence-electron chi connectivity index (χ4n) is 2.33. The van der Waals surface area contributed by atoms with Gasteiger partial charge in [-0.3, -0.25) is 4.79 Å². The molecule has 0 bridgehead atoms. The van der Waals surface area contributed by atoms with E-state index in [2.05, 4.69) is 10.2 Å². The van der Waals surface area contributed by atoms with Crippen LogP contribution in [0.4, 0.5) is 13.2 Å². The topological polar surface area (TPSA) is 71.2 Å². The fourth-order valence-corrected chi connectivity index (χ4v) is 2.99. The zero-order valence-corrected chi connectivity index (χ0v) is 16.0. The first-order valence-electron chi connectivity index (χ1n) is 8.28. The molecule has 0 aliphatic rings. The van der Waals surface area contributed by atoms with E-state index in [0.717, 1.165) is 0 Å². The van der Waals surface area contributed by atoms with Crippen LogP contribution in [0.2, 0.25) is 0 Å². The predicted octanol–water partition coefficient (Wildman–Crippen LogP) is 3.28. The normalized spacial score (nSPS) is 12.3. The van der Waals surface area contributed by atoms with Crippen LogP contribution in [0.5, 0.6) is 0 Å². The molecule has 27 heavy (non-hydrogen) atoms. The highest BCUT2D eigenvalue weighted by atomic mass is 32.2. The van der Waals surface area contributed by atoms with Crippen molar-refractivity contribution in [2.45, 2.75) is 43.3 Å². The van der Waals surface area contributed by atoms with E-state index in [1.54, 1.807) is 20.8 Å². The summed E-state index contributed by atoms with van der Waals surface area (Å²) < 4.78 is 38.2. The third-order valence-corrected chi connectivity index (χ3v) is 4.55. The third kappa shape index (κ3) is 5.96. The molecule has 0 saturated carbocycles. The van der Waals surface area contributed by atoms with Crippen LogP contribution in [0, 0.1) is 0 Å². The van der Waals surface area contributed by atoms with Gasteiger partial charge in [0, 0.05) is 18.0 Å². The Kier molecular flexibility index (Phi) is 6.53. The van der Waals surface area contributed by atoms with Gasteiger partial charge in [-0.2, -0.15) is 28.2 Å². The maximum Gasteiger partial charge on any atom is 0.446 e. The van der Waals surface area contributed by atoms with Gasteiger partial charge in [0.05, 0.1) is 18.3 Å². The number of nitrogens with zero attached hydrogens (tertiary/aromatic N) is 4. The van der Waals surface area contributed by atoms with Gasteiger partial charge in [-0.1, -0.05) is 12.1 Å². The Balaban J connectivity index is 2.11. The van der Waals surface area contributed by atoms with Gasteiger partial charge in [0.2, 0.25) is 0 Å². The van der Waals surface area contributed by atoms with Crippen molar-refractivity contribution in [3.8, 4) is 0 Å². The number of benzene rings is 1. The summed E-state index contributed by atoms with van der Waals surface area (Å²) in [6.07, 6.45) is 1.44. The maximum absolute atomic E-state index is 12.7. The SMILES string of the molecule is CCN(CCn1ncc(C(C)(C)O)n1)C(=O)c1ccccc1SC(F)(F)F. The van der Waals surface area contributed by atoms with E-state index in [9.17, 15) is 23.1 Å². The highest BCUT2D eigenvalue weighted by molar-refractivity contribution is 8.00. The Bertz CT molecular complexity index is 787. The molecule has 0 saturated heterocycles. The summed E-state index contributed by atoms with van der Waals surface area (Å²) in [6.45, 7) is 5.71. The van der Waals surface area contributed by atoms with Crippen molar-refractivity contribution in [2.75, 3.05) is 13.1 Å². The molecular formula is C17H21F3N4O2S. The smallest absolute Gasteiger partial charge is 0.384 e. The number of halogens is 3. The lowest BCUT2D eigenvalue weighted by molar-refractivity contribution is -0.0328. The van der Waals surface area contributed by atoms with E-state index in [4.69, 9.17) is 0 Å². The quantitative estimate of drug-likeness (QED) is 0.720. The number of rotatable bonds is 7. The number of aromatic nitrogens is 3. The molecule has 0 aliphatic heterocycles. The van der Waals surface area contributed by atoms with Crippen LogP contribution in [0.15, 0.2) is 35.4 Å². The molecular weight excluding hydrogens is 381 g/mol. The Morgan fingerprint density at radius 1 is 1.30 bits per heavy atom. The number of hydrogen-bond acceptors (Lipinski definition) is 5. The van der Waals surface area contributed by atoms with Gasteiger partial charge in [-0.15, -0.1) is 0 Å². The summed E-state index contributed by atoms with van der Waals surface area (Å²) in [5.74, 6) is -0.486. The minimum absolute atomic E-state index is 0.00674. The number of amides is 1. The molecule has 6 nitrogen and oxygen atoms in total. The van der Waals surface area contributed by atoms with E-state index in [1.165, 1.54) is 40.2 Å². The number of aliphatic hydroxyl groups is 1. The van der Waals surface area contributed by atoms with E-state index in [0.29, 0.717) is 12.2 Å². The minimum atomic E-state index is -4.47. The van der Waals surface area contributed by atoms with Gasteiger partial charge < -0.3 is 10.0 Å². The second-order valence-corrected chi connectivity index (χ2v) is 7.42. The average molecular weight is 402 g/mol. The van der Waals surface area contributed by atoms with Crippen molar-refractivity contribution in [1.82, 2.24) is 19.9 Å². The van der Waals surface area contributed by atoms with Gasteiger partial charge in [-0.25, -0.2) is 0 Å². The molecule has 1 N–H and O–H groups in total. The van der Waals surface area contributed by atoms with Crippen molar-refractivity contribution in [1.29, 1.82) is 0 Å². The second-order valence-electron chi connectivity index (χ2n) is 6.31. The zero-order valence-electron chi connectivity index (χ0n) is 15.2. The Hall–Kier alpha value is -2.07. The molecule has 0 aliphatic carbocycles. The highest BCUT2D eigenvalue weighted by Crippen LogP contribution is 2.38. The van der Waals surface area contributed by atoms with Crippen LogP contribution < -0.4 is 0 Å². The molecule has 2 rings (SSSR count). The Morgan fingerprint density at radius 3 is 2.52 bits per heavy atom. The largest absolute Gasteiger partial charge is 0.446 e.